The summed E-state index contributed by atoms with van der Waals surface area (Å²) in [4.78, 5) is 22.4. The van der Waals surface area contributed by atoms with Crippen LogP contribution in [0, 0.1) is 5.82 Å². The van der Waals surface area contributed by atoms with E-state index < -0.39 is 0 Å². The highest BCUT2D eigenvalue weighted by Crippen LogP contribution is 2.13. The summed E-state index contributed by atoms with van der Waals surface area (Å²) in [5.41, 5.74) is 1.38. The van der Waals surface area contributed by atoms with Gasteiger partial charge < -0.3 is 10.3 Å². The lowest BCUT2D eigenvalue weighted by molar-refractivity contribution is -0.122. The fourth-order valence-electron chi connectivity index (χ4n) is 2.32. The van der Waals surface area contributed by atoms with Gasteiger partial charge in [0.05, 0.1) is 30.7 Å². The smallest absolute Gasteiger partial charge is 0.234 e. The van der Waals surface area contributed by atoms with Crippen LogP contribution in [0.1, 0.15) is 10.7 Å². The number of fused-ring (bicyclic) bond motifs is 1. The zero-order valence-corrected chi connectivity index (χ0v) is 13.5. The molecule has 3 rings (SSSR count). The maximum Gasteiger partial charge on any atom is 0.234 e. The van der Waals surface area contributed by atoms with Crippen LogP contribution < -0.4 is 5.32 Å². The van der Waals surface area contributed by atoms with Crippen molar-refractivity contribution in [2.24, 2.45) is 0 Å². The normalized spacial score (nSPS) is 11.3. The summed E-state index contributed by atoms with van der Waals surface area (Å²) in [5.74, 6) is 0.372. The van der Waals surface area contributed by atoms with Crippen LogP contribution in [-0.4, -0.2) is 34.4 Å². The van der Waals surface area contributed by atoms with Crippen molar-refractivity contribution in [2.75, 3.05) is 13.6 Å². The van der Waals surface area contributed by atoms with Crippen molar-refractivity contribution in [1.29, 1.82) is 0 Å². The Morgan fingerprint density at radius 1 is 1.43 bits per heavy atom. The highest BCUT2D eigenvalue weighted by Gasteiger charge is 2.10. The van der Waals surface area contributed by atoms with Gasteiger partial charge in [-0.25, -0.2) is 9.37 Å². The van der Waals surface area contributed by atoms with E-state index >= 15 is 0 Å². The number of thiophene rings is 1. The Bertz CT molecular complexity index is 800. The molecule has 0 radical (unpaired) electrons. The van der Waals surface area contributed by atoms with Crippen molar-refractivity contribution in [3.8, 4) is 0 Å². The van der Waals surface area contributed by atoms with E-state index in [1.807, 2.05) is 29.5 Å². The first kappa shape index (κ1) is 15.6. The molecule has 5 nitrogen and oxygen atoms in total. The van der Waals surface area contributed by atoms with Crippen molar-refractivity contribution in [3.05, 3.63) is 52.2 Å². The first-order valence-corrected chi connectivity index (χ1v) is 8.10. The number of hydrogen-bond acceptors (Lipinski definition) is 4. The summed E-state index contributed by atoms with van der Waals surface area (Å²) in [6.45, 7) is 1.31. The SMILES string of the molecule is CN(CC(=O)NCc1cccs1)Cc1nc2ccc(F)cc2[nH]1. The topological polar surface area (TPSA) is 61.0 Å². The molecule has 0 fully saturated rings. The van der Waals surface area contributed by atoms with Crippen molar-refractivity contribution in [1.82, 2.24) is 20.2 Å². The van der Waals surface area contributed by atoms with Crippen molar-refractivity contribution in [2.45, 2.75) is 13.1 Å². The molecule has 3 aromatic rings. The Hall–Kier alpha value is -2.25. The molecule has 0 atom stereocenters. The zero-order valence-electron chi connectivity index (χ0n) is 12.7. The molecule has 0 spiro atoms. The van der Waals surface area contributed by atoms with Gasteiger partial charge in [-0.15, -0.1) is 11.3 Å². The van der Waals surface area contributed by atoms with Gasteiger partial charge in [0.2, 0.25) is 5.91 Å². The van der Waals surface area contributed by atoms with Crippen LogP contribution in [0.2, 0.25) is 0 Å². The first-order valence-electron chi connectivity index (χ1n) is 7.22. The molecule has 0 aliphatic heterocycles. The molecule has 0 bridgehead atoms. The highest BCUT2D eigenvalue weighted by molar-refractivity contribution is 7.09. The fraction of sp³-hybridized carbons (Fsp3) is 0.250. The van der Waals surface area contributed by atoms with Gasteiger partial charge in [-0.3, -0.25) is 9.69 Å². The minimum atomic E-state index is -0.297. The molecule has 7 heteroatoms. The summed E-state index contributed by atoms with van der Waals surface area (Å²) in [5, 5.41) is 4.87. The van der Waals surface area contributed by atoms with Crippen LogP contribution in [-0.2, 0) is 17.9 Å². The molecular formula is C16H17FN4OS. The predicted molar refractivity (Wildman–Crippen MR) is 88.6 cm³/mol. The van der Waals surface area contributed by atoms with E-state index in [1.165, 1.54) is 12.1 Å². The molecule has 2 heterocycles. The molecule has 2 aromatic heterocycles. The number of aromatic nitrogens is 2. The zero-order chi connectivity index (χ0) is 16.2. The summed E-state index contributed by atoms with van der Waals surface area (Å²) in [6.07, 6.45) is 0. The van der Waals surface area contributed by atoms with E-state index in [0.29, 0.717) is 24.4 Å². The molecule has 0 aliphatic carbocycles. The van der Waals surface area contributed by atoms with Crippen LogP contribution in [0.3, 0.4) is 0 Å². The first-order chi connectivity index (χ1) is 11.1. The van der Waals surface area contributed by atoms with Crippen LogP contribution in [0.4, 0.5) is 4.39 Å². The Morgan fingerprint density at radius 3 is 3.09 bits per heavy atom. The molecule has 0 saturated heterocycles. The predicted octanol–water partition coefficient (Wildman–Crippen LogP) is 2.51. The minimum absolute atomic E-state index is 0.0388. The number of nitrogens with one attached hydrogen (secondary N) is 2. The summed E-state index contributed by atoms with van der Waals surface area (Å²) >= 11 is 1.62. The highest BCUT2D eigenvalue weighted by atomic mass is 32.1. The Labute approximate surface area is 137 Å². The lowest BCUT2D eigenvalue weighted by atomic mass is 10.3. The van der Waals surface area contributed by atoms with Crippen molar-refractivity contribution >= 4 is 28.3 Å². The molecular weight excluding hydrogens is 315 g/mol. The quantitative estimate of drug-likeness (QED) is 0.729. The maximum atomic E-state index is 13.2. The van der Waals surface area contributed by atoms with E-state index in [0.717, 1.165) is 10.4 Å². The molecule has 2 N–H and O–H groups in total. The second-order valence-corrected chi connectivity index (χ2v) is 6.41. The van der Waals surface area contributed by atoms with E-state index in [-0.39, 0.29) is 18.3 Å². The summed E-state index contributed by atoms with van der Waals surface area (Å²) < 4.78 is 13.2. The number of amides is 1. The van der Waals surface area contributed by atoms with E-state index in [1.54, 1.807) is 17.4 Å². The number of H-pyrrole nitrogens is 1. The molecule has 0 aliphatic rings. The average Bonchev–Trinajstić information content (AvgIpc) is 3.13. The number of nitrogens with zero attached hydrogens (tertiary/aromatic N) is 2. The third-order valence-electron chi connectivity index (χ3n) is 3.37. The molecule has 120 valence electrons. The van der Waals surface area contributed by atoms with Crippen molar-refractivity contribution < 1.29 is 9.18 Å². The fourth-order valence-corrected chi connectivity index (χ4v) is 2.97. The Kier molecular flexibility index (Phi) is 4.68. The molecule has 0 unspecified atom stereocenters. The lowest BCUT2D eigenvalue weighted by Crippen LogP contribution is -2.34. The van der Waals surface area contributed by atoms with Crippen LogP contribution in [0.5, 0.6) is 0 Å². The molecule has 23 heavy (non-hydrogen) atoms. The van der Waals surface area contributed by atoms with E-state index in [2.05, 4.69) is 15.3 Å². The van der Waals surface area contributed by atoms with Gasteiger partial charge in [0.15, 0.2) is 0 Å². The van der Waals surface area contributed by atoms with Crippen molar-refractivity contribution in [3.63, 3.8) is 0 Å². The number of aromatic amines is 1. The number of likely N-dealkylation sites (N-methyl/N-ethyl adjacent to an activating group) is 1. The second kappa shape index (κ2) is 6.89. The minimum Gasteiger partial charge on any atom is -0.350 e. The number of carbonyl (C=O) groups is 1. The third kappa shape index (κ3) is 4.14. The standard InChI is InChI=1S/C16H17FN4OS/c1-21(10-16(22)18-8-12-3-2-6-23-12)9-15-19-13-5-4-11(17)7-14(13)20-15/h2-7H,8-10H2,1H3,(H,18,22)(H,19,20). The van der Waals surface area contributed by atoms with Gasteiger partial charge >= 0.3 is 0 Å². The average molecular weight is 332 g/mol. The number of carbonyl (C=O) groups excluding carboxylic acids is 1. The maximum absolute atomic E-state index is 13.2. The number of benzene rings is 1. The molecule has 0 saturated carbocycles. The van der Waals surface area contributed by atoms with E-state index in [4.69, 9.17) is 0 Å². The van der Waals surface area contributed by atoms with Gasteiger partial charge in [0.1, 0.15) is 11.6 Å². The van der Waals surface area contributed by atoms with Gasteiger partial charge in [-0.05, 0) is 36.7 Å². The van der Waals surface area contributed by atoms with Crippen LogP contribution >= 0.6 is 11.3 Å². The van der Waals surface area contributed by atoms with Crippen LogP contribution in [0.25, 0.3) is 11.0 Å². The van der Waals surface area contributed by atoms with Gasteiger partial charge in [0.25, 0.3) is 0 Å². The Morgan fingerprint density at radius 2 is 2.30 bits per heavy atom. The summed E-state index contributed by atoms with van der Waals surface area (Å²) in [7, 11) is 1.85. The molecule has 1 amide bonds. The number of halogens is 1. The third-order valence-corrected chi connectivity index (χ3v) is 4.24. The van der Waals surface area contributed by atoms with Gasteiger partial charge in [-0.1, -0.05) is 6.07 Å². The van der Waals surface area contributed by atoms with Crippen LogP contribution in [0.15, 0.2) is 35.7 Å². The van der Waals surface area contributed by atoms with Gasteiger partial charge in [0, 0.05) is 4.88 Å². The number of rotatable bonds is 6. The second-order valence-electron chi connectivity index (χ2n) is 5.37. The summed E-state index contributed by atoms with van der Waals surface area (Å²) in [6, 6.07) is 8.39. The lowest BCUT2D eigenvalue weighted by Gasteiger charge is -2.14. The molecule has 1 aromatic carbocycles. The largest absolute Gasteiger partial charge is 0.350 e. The monoisotopic (exact) mass is 332 g/mol. The number of imidazole rings is 1. The van der Waals surface area contributed by atoms with Gasteiger partial charge in [-0.2, -0.15) is 0 Å². The Balaban J connectivity index is 1.53. The number of hydrogen-bond donors (Lipinski definition) is 2. The van der Waals surface area contributed by atoms with E-state index in [9.17, 15) is 9.18 Å².